The van der Waals surface area contributed by atoms with E-state index in [1.807, 2.05) is 24.3 Å². The Hall–Kier alpha value is -1.87. The van der Waals surface area contributed by atoms with Gasteiger partial charge < -0.3 is 9.64 Å². The fourth-order valence-electron chi connectivity index (χ4n) is 4.04. The van der Waals surface area contributed by atoms with Crippen molar-refractivity contribution in [3.05, 3.63) is 18.0 Å². The van der Waals surface area contributed by atoms with Gasteiger partial charge in [0.05, 0.1) is 24.4 Å². The molecule has 2 atom stereocenters. The maximum absolute atomic E-state index is 13.1. The Morgan fingerprint density at radius 1 is 1.52 bits per heavy atom. The van der Waals surface area contributed by atoms with E-state index < -0.39 is 5.41 Å². The van der Waals surface area contributed by atoms with E-state index >= 15 is 0 Å². The average Bonchev–Trinajstić information content (AvgIpc) is 3.27. The van der Waals surface area contributed by atoms with Crippen LogP contribution < -0.4 is 0 Å². The van der Waals surface area contributed by atoms with E-state index in [1.54, 1.807) is 11.8 Å². The molecule has 2 aliphatic rings. The monoisotopic (exact) mass is 316 g/mol. The molecule has 0 N–H and O–H groups in total. The molecule has 1 saturated heterocycles. The summed E-state index contributed by atoms with van der Waals surface area (Å²) in [7, 11) is 3.59. The number of aryl methyl sites for hydroxylation is 1. The zero-order valence-electron chi connectivity index (χ0n) is 13.9. The Morgan fingerprint density at radius 2 is 2.26 bits per heavy atom. The minimum atomic E-state index is -0.810. The third-order valence-corrected chi connectivity index (χ3v) is 5.33. The van der Waals surface area contributed by atoms with Crippen LogP contribution >= 0.6 is 0 Å². The van der Waals surface area contributed by atoms with Crippen LogP contribution in [0.25, 0.3) is 0 Å². The van der Waals surface area contributed by atoms with E-state index in [-0.39, 0.29) is 18.1 Å². The number of rotatable bonds is 4. The Labute approximate surface area is 137 Å². The molecule has 2 heterocycles. The fraction of sp³-hybridized carbons (Fsp3) is 0.706. The molecule has 1 aromatic heterocycles. The molecule has 124 valence electrons. The van der Waals surface area contributed by atoms with Crippen molar-refractivity contribution in [3.63, 3.8) is 0 Å². The van der Waals surface area contributed by atoms with Gasteiger partial charge in [-0.1, -0.05) is 12.8 Å². The molecule has 1 aromatic rings. The Morgan fingerprint density at radius 3 is 2.83 bits per heavy atom. The summed E-state index contributed by atoms with van der Waals surface area (Å²) in [5.41, 5.74) is 0.284. The summed E-state index contributed by atoms with van der Waals surface area (Å²) in [5.74, 6) is 0.00550. The summed E-state index contributed by atoms with van der Waals surface area (Å²) in [6.45, 7) is 0.672. The van der Waals surface area contributed by atoms with Crippen LogP contribution in [0.2, 0.25) is 0 Å². The van der Waals surface area contributed by atoms with Gasteiger partial charge in [0.1, 0.15) is 5.41 Å². The van der Waals surface area contributed by atoms with Crippen LogP contribution in [0.15, 0.2) is 12.4 Å². The van der Waals surface area contributed by atoms with Gasteiger partial charge in [-0.2, -0.15) is 10.4 Å². The number of nitriles is 1. The molecule has 1 saturated carbocycles. The molecule has 6 heteroatoms. The molecule has 23 heavy (non-hydrogen) atoms. The van der Waals surface area contributed by atoms with E-state index in [9.17, 15) is 10.1 Å². The zero-order chi connectivity index (χ0) is 16.4. The predicted octanol–water partition coefficient (Wildman–Crippen LogP) is 1.66. The van der Waals surface area contributed by atoms with Crippen LogP contribution in [-0.4, -0.2) is 46.4 Å². The average molecular weight is 316 g/mol. The number of likely N-dealkylation sites (tertiary alicyclic amines) is 1. The van der Waals surface area contributed by atoms with Crippen molar-refractivity contribution in [2.75, 3.05) is 13.7 Å². The maximum atomic E-state index is 13.1. The summed E-state index contributed by atoms with van der Waals surface area (Å²) in [6.07, 6.45) is 8.70. The van der Waals surface area contributed by atoms with Gasteiger partial charge in [-0.25, -0.2) is 0 Å². The molecule has 1 amide bonds. The number of carbonyl (C=O) groups excluding carboxylic acids is 1. The SMILES string of the molecule is CO[C@@H]1CCN(C(=O)C2(C#N)CCCC2)[C@H]1Cc1cnn(C)c1. The number of carbonyl (C=O) groups is 1. The van der Waals surface area contributed by atoms with Crippen molar-refractivity contribution in [1.29, 1.82) is 5.26 Å². The summed E-state index contributed by atoms with van der Waals surface area (Å²) in [5, 5.41) is 13.8. The van der Waals surface area contributed by atoms with Crippen LogP contribution in [0.5, 0.6) is 0 Å². The van der Waals surface area contributed by atoms with Gasteiger partial charge in [0.15, 0.2) is 0 Å². The van der Waals surface area contributed by atoms with E-state index in [2.05, 4.69) is 11.2 Å². The minimum absolute atomic E-state index is 0.00550. The largest absolute Gasteiger partial charge is 0.379 e. The first-order valence-electron chi connectivity index (χ1n) is 8.32. The highest BCUT2D eigenvalue weighted by atomic mass is 16.5. The standard InChI is InChI=1S/C17H24N4O2/c1-20-11-13(10-19-20)9-14-15(23-2)5-8-21(14)16(22)17(12-18)6-3-4-7-17/h10-11,14-15H,3-9H2,1-2H3/t14-,15+/m0/s1. The van der Waals surface area contributed by atoms with Crippen LogP contribution in [0.1, 0.15) is 37.7 Å². The lowest BCUT2D eigenvalue weighted by Crippen LogP contribution is -2.47. The van der Waals surface area contributed by atoms with Crippen LogP contribution in [0, 0.1) is 16.7 Å². The number of aromatic nitrogens is 2. The Bertz CT molecular complexity index is 612. The van der Waals surface area contributed by atoms with Crippen molar-refractivity contribution in [3.8, 4) is 6.07 Å². The molecule has 0 bridgehead atoms. The third-order valence-electron chi connectivity index (χ3n) is 5.33. The number of methoxy groups -OCH3 is 1. The molecule has 0 radical (unpaired) electrons. The highest BCUT2D eigenvalue weighted by Gasteiger charge is 2.48. The van der Waals surface area contributed by atoms with Crippen LogP contribution in [0.3, 0.4) is 0 Å². The number of ether oxygens (including phenoxy) is 1. The molecule has 2 fully saturated rings. The van der Waals surface area contributed by atoms with Crippen molar-refractivity contribution < 1.29 is 9.53 Å². The molecule has 1 aliphatic heterocycles. The highest BCUT2D eigenvalue weighted by Crippen LogP contribution is 2.41. The number of nitrogens with zero attached hydrogens (tertiary/aromatic N) is 4. The highest BCUT2D eigenvalue weighted by molar-refractivity contribution is 5.86. The van der Waals surface area contributed by atoms with Crippen molar-refractivity contribution in [2.24, 2.45) is 12.5 Å². The summed E-state index contributed by atoms with van der Waals surface area (Å²) < 4.78 is 7.38. The molecular formula is C17H24N4O2. The predicted molar refractivity (Wildman–Crippen MR) is 84.3 cm³/mol. The maximum Gasteiger partial charge on any atom is 0.243 e. The minimum Gasteiger partial charge on any atom is -0.379 e. The van der Waals surface area contributed by atoms with Gasteiger partial charge in [-0.05, 0) is 31.2 Å². The third kappa shape index (κ3) is 2.86. The Kier molecular flexibility index (Phi) is 4.40. The smallest absolute Gasteiger partial charge is 0.243 e. The molecule has 3 rings (SSSR count). The second-order valence-electron chi connectivity index (χ2n) is 6.76. The van der Waals surface area contributed by atoms with E-state index in [1.165, 1.54) is 0 Å². The molecular weight excluding hydrogens is 292 g/mol. The van der Waals surface area contributed by atoms with E-state index in [0.29, 0.717) is 19.4 Å². The van der Waals surface area contributed by atoms with Crippen LogP contribution in [0.4, 0.5) is 0 Å². The first-order valence-corrected chi connectivity index (χ1v) is 8.32. The van der Waals surface area contributed by atoms with Gasteiger partial charge in [0, 0.05) is 26.9 Å². The first-order chi connectivity index (χ1) is 11.1. The van der Waals surface area contributed by atoms with Gasteiger partial charge >= 0.3 is 0 Å². The quantitative estimate of drug-likeness (QED) is 0.847. The van der Waals surface area contributed by atoms with Gasteiger partial charge in [-0.3, -0.25) is 9.48 Å². The first kappa shape index (κ1) is 16.0. The topological polar surface area (TPSA) is 71.2 Å². The summed E-state index contributed by atoms with van der Waals surface area (Å²) in [6, 6.07) is 2.32. The van der Waals surface area contributed by atoms with Gasteiger partial charge in [0.2, 0.25) is 5.91 Å². The normalized spacial score (nSPS) is 26.4. The van der Waals surface area contributed by atoms with Crippen molar-refractivity contribution in [2.45, 2.75) is 50.7 Å². The molecule has 0 unspecified atom stereocenters. The molecule has 1 aliphatic carbocycles. The molecule has 0 spiro atoms. The summed E-state index contributed by atoms with van der Waals surface area (Å²) in [4.78, 5) is 15.0. The number of hydrogen-bond acceptors (Lipinski definition) is 4. The summed E-state index contributed by atoms with van der Waals surface area (Å²) >= 11 is 0. The van der Waals surface area contributed by atoms with E-state index in [4.69, 9.17) is 4.74 Å². The van der Waals surface area contributed by atoms with Gasteiger partial charge in [0.25, 0.3) is 0 Å². The number of amides is 1. The van der Waals surface area contributed by atoms with Crippen molar-refractivity contribution >= 4 is 5.91 Å². The second-order valence-corrected chi connectivity index (χ2v) is 6.76. The zero-order valence-corrected chi connectivity index (χ0v) is 13.9. The second kappa shape index (κ2) is 6.32. The lowest BCUT2D eigenvalue weighted by Gasteiger charge is -2.32. The van der Waals surface area contributed by atoms with Crippen molar-refractivity contribution in [1.82, 2.24) is 14.7 Å². The van der Waals surface area contributed by atoms with Gasteiger partial charge in [-0.15, -0.1) is 0 Å². The fourth-order valence-corrected chi connectivity index (χ4v) is 4.04. The Balaban J connectivity index is 1.82. The lowest BCUT2D eigenvalue weighted by atomic mass is 9.86. The number of hydrogen-bond donors (Lipinski definition) is 0. The van der Waals surface area contributed by atoms with Crippen LogP contribution in [-0.2, 0) is 23.0 Å². The molecule has 6 nitrogen and oxygen atoms in total. The molecule has 0 aromatic carbocycles. The lowest BCUT2D eigenvalue weighted by molar-refractivity contribution is -0.140. The van der Waals surface area contributed by atoms with E-state index in [0.717, 1.165) is 31.2 Å².